The van der Waals surface area contributed by atoms with Gasteiger partial charge in [0.05, 0.1) is 39.9 Å². The molecule has 0 aromatic rings. The van der Waals surface area contributed by atoms with Crippen LogP contribution in [0.2, 0.25) is 0 Å². The minimum Gasteiger partial charge on any atom is -0.756 e. The minimum absolute atomic E-state index is 0.0112. The number of hydrogen-bond donors (Lipinski definition) is 2. The largest absolute Gasteiger partial charge is 0.756 e. The standard InChI is InChI=1S/C35H71N2O6P/c1-6-8-10-12-13-14-15-16-17-18-19-20-21-22-23-24-25-27-29-35(39)36-33(34(38)28-26-11-9-7-2)32-43-44(40,41)42-31-30-37(3,4)5/h17-18,33-34,38H,6-16,19-32H2,1-5H3,(H-,36,39,40,41)/b18-17-. The first kappa shape index (κ1) is 43.2. The highest BCUT2D eigenvalue weighted by molar-refractivity contribution is 7.45. The van der Waals surface area contributed by atoms with Crippen LogP contribution in [-0.4, -0.2) is 68.5 Å². The van der Waals surface area contributed by atoms with Crippen LogP contribution in [-0.2, 0) is 18.4 Å². The fraction of sp³-hybridized carbons (Fsp3) is 0.914. The lowest BCUT2D eigenvalue weighted by Crippen LogP contribution is -2.46. The van der Waals surface area contributed by atoms with Crippen LogP contribution in [0.3, 0.4) is 0 Å². The molecule has 8 nitrogen and oxygen atoms in total. The lowest BCUT2D eigenvalue weighted by atomic mass is 10.0. The molecular formula is C35H71N2O6P. The molecule has 0 aromatic carbocycles. The molecule has 0 saturated carbocycles. The van der Waals surface area contributed by atoms with Crippen LogP contribution in [0.15, 0.2) is 12.2 Å². The maximum absolute atomic E-state index is 12.6. The lowest BCUT2D eigenvalue weighted by Gasteiger charge is -2.30. The first-order chi connectivity index (χ1) is 21.0. The Balaban J connectivity index is 4.17. The van der Waals surface area contributed by atoms with Crippen molar-refractivity contribution < 1.29 is 32.9 Å². The molecule has 0 heterocycles. The number of quaternary nitrogens is 1. The van der Waals surface area contributed by atoms with Crippen molar-refractivity contribution in [2.75, 3.05) is 40.9 Å². The molecule has 262 valence electrons. The number of phosphoric ester groups is 1. The molecule has 1 amide bonds. The van der Waals surface area contributed by atoms with E-state index in [1.54, 1.807) is 0 Å². The zero-order valence-electron chi connectivity index (χ0n) is 29.4. The molecule has 9 heteroatoms. The molecule has 0 spiro atoms. The van der Waals surface area contributed by atoms with E-state index in [2.05, 4.69) is 31.3 Å². The molecule has 3 unspecified atom stereocenters. The van der Waals surface area contributed by atoms with Crippen LogP contribution >= 0.6 is 7.82 Å². The highest BCUT2D eigenvalue weighted by Gasteiger charge is 2.24. The summed E-state index contributed by atoms with van der Waals surface area (Å²) in [6.07, 6.45) is 28.4. The number of nitrogens with zero attached hydrogens (tertiary/aromatic N) is 1. The average Bonchev–Trinajstić information content (AvgIpc) is 2.96. The molecule has 44 heavy (non-hydrogen) atoms. The van der Waals surface area contributed by atoms with Crippen molar-refractivity contribution in [1.82, 2.24) is 5.32 Å². The fourth-order valence-electron chi connectivity index (χ4n) is 5.03. The molecule has 0 aliphatic carbocycles. The Morgan fingerprint density at radius 1 is 0.773 bits per heavy atom. The Morgan fingerprint density at radius 2 is 1.25 bits per heavy atom. The van der Waals surface area contributed by atoms with Gasteiger partial charge in [-0.1, -0.05) is 122 Å². The zero-order chi connectivity index (χ0) is 32.9. The normalized spacial score (nSPS) is 15.0. The second-order valence-electron chi connectivity index (χ2n) is 13.6. The second-order valence-corrected chi connectivity index (χ2v) is 15.0. The Hall–Kier alpha value is -0.760. The summed E-state index contributed by atoms with van der Waals surface area (Å²) in [7, 11) is 1.29. The van der Waals surface area contributed by atoms with E-state index < -0.39 is 20.0 Å². The Kier molecular flexibility index (Phi) is 28.0. The number of phosphoric acid groups is 1. The smallest absolute Gasteiger partial charge is 0.268 e. The number of likely N-dealkylation sites (N-methyl/N-ethyl adjacent to an activating group) is 1. The number of aliphatic hydroxyl groups is 1. The number of allylic oxidation sites excluding steroid dienone is 2. The van der Waals surface area contributed by atoms with E-state index in [1.165, 1.54) is 83.5 Å². The van der Waals surface area contributed by atoms with E-state index in [-0.39, 0.29) is 19.1 Å². The monoisotopic (exact) mass is 647 g/mol. The Labute approximate surface area is 272 Å². The fourth-order valence-corrected chi connectivity index (χ4v) is 5.75. The Bertz CT molecular complexity index is 743. The minimum atomic E-state index is -4.53. The van der Waals surface area contributed by atoms with Gasteiger partial charge >= 0.3 is 0 Å². The van der Waals surface area contributed by atoms with Crippen molar-refractivity contribution >= 4 is 13.7 Å². The number of carbonyl (C=O) groups excluding carboxylic acids is 1. The van der Waals surface area contributed by atoms with E-state index in [4.69, 9.17) is 9.05 Å². The molecule has 0 aliphatic heterocycles. The van der Waals surface area contributed by atoms with E-state index >= 15 is 0 Å². The predicted octanol–water partition coefficient (Wildman–Crippen LogP) is 8.22. The molecule has 0 radical (unpaired) electrons. The summed E-state index contributed by atoms with van der Waals surface area (Å²) in [5.74, 6) is -0.179. The van der Waals surface area contributed by atoms with E-state index in [9.17, 15) is 19.4 Å². The maximum Gasteiger partial charge on any atom is 0.268 e. The number of aliphatic hydroxyl groups excluding tert-OH is 1. The van der Waals surface area contributed by atoms with Crippen molar-refractivity contribution in [2.45, 2.75) is 167 Å². The summed E-state index contributed by atoms with van der Waals surface area (Å²) < 4.78 is 22.9. The van der Waals surface area contributed by atoms with Crippen molar-refractivity contribution in [3.8, 4) is 0 Å². The number of hydrogen-bond acceptors (Lipinski definition) is 6. The van der Waals surface area contributed by atoms with Gasteiger partial charge in [0.15, 0.2) is 0 Å². The SMILES string of the molecule is CCCCCCCCC/C=C\CCCCCCCCCC(=O)NC(COP(=O)([O-])OCC[N+](C)(C)C)C(O)CCCCCC. The molecular weight excluding hydrogens is 575 g/mol. The van der Waals surface area contributed by atoms with Gasteiger partial charge in [0.1, 0.15) is 13.2 Å². The molecule has 0 fully saturated rings. The van der Waals surface area contributed by atoms with E-state index in [0.29, 0.717) is 23.9 Å². The van der Waals surface area contributed by atoms with Gasteiger partial charge in [-0.2, -0.15) is 0 Å². The number of carbonyl (C=O) groups is 1. The number of nitrogens with one attached hydrogen (secondary N) is 1. The van der Waals surface area contributed by atoms with Crippen LogP contribution in [0.25, 0.3) is 0 Å². The van der Waals surface area contributed by atoms with E-state index in [0.717, 1.165) is 44.9 Å². The third kappa shape index (κ3) is 29.9. The first-order valence-corrected chi connectivity index (χ1v) is 19.5. The topological polar surface area (TPSA) is 108 Å². The molecule has 0 rings (SSSR count). The van der Waals surface area contributed by atoms with Gasteiger partial charge in [0.25, 0.3) is 7.82 Å². The third-order valence-electron chi connectivity index (χ3n) is 8.00. The number of unbranched alkanes of at least 4 members (excludes halogenated alkanes) is 17. The number of amides is 1. The summed E-state index contributed by atoms with van der Waals surface area (Å²) in [6, 6.07) is -0.794. The van der Waals surface area contributed by atoms with Gasteiger partial charge in [-0.3, -0.25) is 9.36 Å². The van der Waals surface area contributed by atoms with Gasteiger partial charge in [0.2, 0.25) is 5.91 Å². The summed E-state index contributed by atoms with van der Waals surface area (Å²) in [5.41, 5.74) is 0. The summed E-state index contributed by atoms with van der Waals surface area (Å²) in [4.78, 5) is 24.9. The van der Waals surface area contributed by atoms with Gasteiger partial charge < -0.3 is 28.8 Å². The lowest BCUT2D eigenvalue weighted by molar-refractivity contribution is -0.870. The Morgan fingerprint density at radius 3 is 1.77 bits per heavy atom. The predicted molar refractivity (Wildman–Crippen MR) is 182 cm³/mol. The summed E-state index contributed by atoms with van der Waals surface area (Å²) >= 11 is 0. The first-order valence-electron chi connectivity index (χ1n) is 18.0. The molecule has 0 aliphatic rings. The molecule has 0 bridgehead atoms. The van der Waals surface area contributed by atoms with Gasteiger partial charge in [-0.15, -0.1) is 0 Å². The molecule has 0 aromatic heterocycles. The summed E-state index contributed by atoms with van der Waals surface area (Å²) in [6.45, 7) is 4.57. The van der Waals surface area contributed by atoms with Gasteiger partial charge in [-0.05, 0) is 38.5 Å². The maximum atomic E-state index is 12.6. The molecule has 3 atom stereocenters. The number of rotatable bonds is 32. The average molecular weight is 647 g/mol. The zero-order valence-corrected chi connectivity index (χ0v) is 30.3. The van der Waals surface area contributed by atoms with Crippen LogP contribution < -0.4 is 10.2 Å². The van der Waals surface area contributed by atoms with Crippen LogP contribution in [0.5, 0.6) is 0 Å². The summed E-state index contributed by atoms with van der Waals surface area (Å²) in [5, 5.41) is 13.6. The van der Waals surface area contributed by atoms with Crippen molar-refractivity contribution in [2.24, 2.45) is 0 Å². The van der Waals surface area contributed by atoms with E-state index in [1.807, 2.05) is 21.1 Å². The van der Waals surface area contributed by atoms with Crippen molar-refractivity contribution in [1.29, 1.82) is 0 Å². The molecule has 0 saturated heterocycles. The van der Waals surface area contributed by atoms with Crippen LogP contribution in [0, 0.1) is 0 Å². The highest BCUT2D eigenvalue weighted by atomic mass is 31.2. The molecule has 2 N–H and O–H groups in total. The van der Waals surface area contributed by atoms with Gasteiger partial charge in [-0.25, -0.2) is 0 Å². The van der Waals surface area contributed by atoms with Crippen LogP contribution in [0.1, 0.15) is 155 Å². The van der Waals surface area contributed by atoms with Crippen molar-refractivity contribution in [3.05, 3.63) is 12.2 Å². The second kappa shape index (κ2) is 28.5. The quantitative estimate of drug-likeness (QED) is 0.0330. The van der Waals surface area contributed by atoms with Crippen LogP contribution in [0.4, 0.5) is 0 Å². The third-order valence-corrected chi connectivity index (χ3v) is 8.97. The van der Waals surface area contributed by atoms with Gasteiger partial charge in [0, 0.05) is 6.42 Å². The highest BCUT2D eigenvalue weighted by Crippen LogP contribution is 2.38. The van der Waals surface area contributed by atoms with Crippen molar-refractivity contribution in [3.63, 3.8) is 0 Å².